The van der Waals surface area contributed by atoms with Gasteiger partial charge in [-0.1, -0.05) is 0 Å². The van der Waals surface area contributed by atoms with E-state index >= 15 is 0 Å². The Labute approximate surface area is 88.0 Å². The van der Waals surface area contributed by atoms with E-state index in [1.807, 2.05) is 0 Å². The Morgan fingerprint density at radius 2 is 2.27 bits per heavy atom. The minimum absolute atomic E-state index is 0.141. The summed E-state index contributed by atoms with van der Waals surface area (Å²) in [7, 11) is 1.54. The van der Waals surface area contributed by atoms with Crippen LogP contribution in [0.4, 0.5) is 0 Å². The molecule has 0 spiro atoms. The second-order valence-corrected chi connectivity index (χ2v) is 2.83. The minimum atomic E-state index is -0.393. The molecule has 0 saturated carbocycles. The molecular weight excluding hydrogens is 198 g/mol. The topological polar surface area (TPSA) is 57.6 Å². The monoisotopic (exact) mass is 211 g/mol. The van der Waals surface area contributed by atoms with Crippen LogP contribution < -0.4 is 9.47 Å². The molecule has 5 nitrogen and oxygen atoms in total. The Hall–Kier alpha value is -1.78. The van der Waals surface area contributed by atoms with Crippen molar-refractivity contribution in [3.63, 3.8) is 0 Å². The predicted molar refractivity (Wildman–Crippen MR) is 52.8 cm³/mol. The molecule has 0 radical (unpaired) electrons. The molecule has 1 heterocycles. The molecular formula is C10H13NO4. The first-order chi connectivity index (χ1) is 7.15. The van der Waals surface area contributed by atoms with Gasteiger partial charge in [-0.25, -0.2) is 0 Å². The van der Waals surface area contributed by atoms with Crippen LogP contribution in [-0.2, 0) is 9.53 Å². The molecule has 15 heavy (non-hydrogen) atoms. The first kappa shape index (κ1) is 11.3. The zero-order chi connectivity index (χ0) is 11.3. The number of rotatable bonds is 4. The Morgan fingerprint density at radius 1 is 1.53 bits per heavy atom. The molecule has 0 bridgehead atoms. The van der Waals surface area contributed by atoms with E-state index in [1.54, 1.807) is 19.2 Å². The zero-order valence-electron chi connectivity index (χ0n) is 8.94. The third-order valence-corrected chi connectivity index (χ3v) is 1.73. The van der Waals surface area contributed by atoms with Crippen molar-refractivity contribution in [2.45, 2.75) is 13.8 Å². The number of nitrogens with zero attached hydrogens (tertiary/aromatic N) is 1. The summed E-state index contributed by atoms with van der Waals surface area (Å²) in [4.78, 5) is 14.6. The lowest BCUT2D eigenvalue weighted by Gasteiger charge is -2.11. The van der Waals surface area contributed by atoms with Crippen molar-refractivity contribution >= 4 is 5.97 Å². The zero-order valence-corrected chi connectivity index (χ0v) is 8.94. The van der Waals surface area contributed by atoms with Gasteiger partial charge in [0.05, 0.1) is 12.8 Å². The lowest BCUT2D eigenvalue weighted by molar-refractivity contribution is -0.147. The summed E-state index contributed by atoms with van der Waals surface area (Å²) in [5, 5.41) is 0. The van der Waals surface area contributed by atoms with Gasteiger partial charge >= 0.3 is 5.97 Å². The molecule has 0 aromatic carbocycles. The molecule has 0 aliphatic rings. The van der Waals surface area contributed by atoms with Crippen LogP contribution in [0.2, 0.25) is 0 Å². The second-order valence-electron chi connectivity index (χ2n) is 2.83. The van der Waals surface area contributed by atoms with E-state index in [2.05, 4.69) is 9.72 Å². The van der Waals surface area contributed by atoms with E-state index in [-0.39, 0.29) is 6.79 Å². The first-order valence-electron chi connectivity index (χ1n) is 4.41. The molecule has 1 rings (SSSR count). The third kappa shape index (κ3) is 3.12. The number of hydrogen-bond donors (Lipinski definition) is 0. The Bertz CT molecular complexity index is 351. The molecule has 82 valence electrons. The predicted octanol–water partition coefficient (Wildman–Crippen LogP) is 1.30. The minimum Gasteiger partial charge on any atom is -0.493 e. The Kier molecular flexibility index (Phi) is 3.91. The lowest BCUT2D eigenvalue weighted by Crippen LogP contribution is -2.08. The fraction of sp³-hybridized carbons (Fsp3) is 0.400. The molecule has 0 unspecified atom stereocenters. The molecule has 0 saturated heterocycles. The van der Waals surface area contributed by atoms with Gasteiger partial charge in [0.1, 0.15) is 0 Å². The molecule has 0 aliphatic heterocycles. The van der Waals surface area contributed by atoms with Gasteiger partial charge in [-0.3, -0.25) is 9.78 Å². The van der Waals surface area contributed by atoms with Crippen molar-refractivity contribution in [3.05, 3.63) is 18.0 Å². The summed E-state index contributed by atoms with van der Waals surface area (Å²) in [5.74, 6) is 0.659. The third-order valence-electron chi connectivity index (χ3n) is 1.73. The van der Waals surface area contributed by atoms with E-state index in [9.17, 15) is 4.79 Å². The Morgan fingerprint density at radius 3 is 2.87 bits per heavy atom. The van der Waals surface area contributed by atoms with E-state index in [0.717, 1.165) is 0 Å². The van der Waals surface area contributed by atoms with Crippen molar-refractivity contribution in [1.29, 1.82) is 0 Å². The summed E-state index contributed by atoms with van der Waals surface area (Å²) < 4.78 is 15.0. The van der Waals surface area contributed by atoms with Crippen LogP contribution in [-0.4, -0.2) is 24.9 Å². The van der Waals surface area contributed by atoms with Gasteiger partial charge in [0.15, 0.2) is 11.5 Å². The quantitative estimate of drug-likeness (QED) is 0.555. The maximum absolute atomic E-state index is 10.5. The number of carbonyl (C=O) groups excluding carboxylic acids is 1. The summed E-state index contributed by atoms with van der Waals surface area (Å²) in [6.07, 6.45) is 1.62. The summed E-state index contributed by atoms with van der Waals surface area (Å²) in [6, 6.07) is 1.68. The van der Waals surface area contributed by atoms with Crippen LogP contribution in [0.1, 0.15) is 12.6 Å². The first-order valence-corrected chi connectivity index (χ1v) is 4.41. The maximum atomic E-state index is 10.5. The molecule has 0 atom stereocenters. The van der Waals surface area contributed by atoms with Gasteiger partial charge in [0.2, 0.25) is 6.79 Å². The number of methoxy groups -OCH3 is 1. The molecule has 0 N–H and O–H groups in total. The highest BCUT2D eigenvalue weighted by Gasteiger charge is 2.08. The molecule has 1 aromatic rings. The van der Waals surface area contributed by atoms with Gasteiger partial charge < -0.3 is 14.2 Å². The molecule has 0 amide bonds. The highest BCUT2D eigenvalue weighted by Crippen LogP contribution is 2.28. The number of aryl methyl sites for hydroxylation is 1. The SMILES string of the molecule is COc1ccnc(C)c1OCOC(C)=O. The lowest BCUT2D eigenvalue weighted by atomic mass is 10.3. The van der Waals surface area contributed by atoms with Crippen molar-refractivity contribution in [2.75, 3.05) is 13.9 Å². The van der Waals surface area contributed by atoms with Gasteiger partial charge in [-0.2, -0.15) is 0 Å². The average molecular weight is 211 g/mol. The normalized spacial score (nSPS) is 9.53. The van der Waals surface area contributed by atoms with Gasteiger partial charge in [-0.05, 0) is 6.92 Å². The fourth-order valence-electron chi connectivity index (χ4n) is 1.04. The number of aromatic nitrogens is 1. The van der Waals surface area contributed by atoms with Crippen LogP contribution in [0, 0.1) is 6.92 Å². The van der Waals surface area contributed by atoms with Crippen molar-refractivity contribution in [3.8, 4) is 11.5 Å². The van der Waals surface area contributed by atoms with Crippen LogP contribution >= 0.6 is 0 Å². The largest absolute Gasteiger partial charge is 0.493 e. The fourth-order valence-corrected chi connectivity index (χ4v) is 1.04. The molecule has 1 aromatic heterocycles. The molecule has 5 heteroatoms. The number of esters is 1. The van der Waals surface area contributed by atoms with E-state index < -0.39 is 5.97 Å². The van der Waals surface area contributed by atoms with Crippen LogP contribution in [0.5, 0.6) is 11.5 Å². The van der Waals surface area contributed by atoms with Gasteiger partial charge in [0, 0.05) is 19.2 Å². The second kappa shape index (κ2) is 5.19. The number of pyridine rings is 1. The van der Waals surface area contributed by atoms with Crippen molar-refractivity contribution in [2.24, 2.45) is 0 Å². The number of hydrogen-bond acceptors (Lipinski definition) is 5. The smallest absolute Gasteiger partial charge is 0.305 e. The van der Waals surface area contributed by atoms with E-state index in [4.69, 9.17) is 9.47 Å². The highest BCUT2D eigenvalue weighted by molar-refractivity contribution is 5.65. The van der Waals surface area contributed by atoms with E-state index in [1.165, 1.54) is 14.0 Å². The highest BCUT2D eigenvalue weighted by atomic mass is 16.7. The van der Waals surface area contributed by atoms with Crippen molar-refractivity contribution in [1.82, 2.24) is 4.98 Å². The summed E-state index contributed by atoms with van der Waals surface area (Å²) in [6.45, 7) is 2.96. The van der Waals surface area contributed by atoms with Crippen LogP contribution in [0.15, 0.2) is 12.3 Å². The number of carbonyl (C=O) groups is 1. The average Bonchev–Trinajstić information content (AvgIpc) is 2.20. The molecule has 0 aliphatic carbocycles. The molecule has 0 fully saturated rings. The van der Waals surface area contributed by atoms with Crippen LogP contribution in [0.25, 0.3) is 0 Å². The Balaban J connectivity index is 2.70. The number of ether oxygens (including phenoxy) is 3. The summed E-state index contributed by atoms with van der Waals surface area (Å²) in [5.41, 5.74) is 0.682. The summed E-state index contributed by atoms with van der Waals surface area (Å²) >= 11 is 0. The van der Waals surface area contributed by atoms with Gasteiger partial charge in [0.25, 0.3) is 0 Å². The standard InChI is InChI=1S/C10H13NO4/c1-7-10(15-6-14-8(2)12)9(13-3)4-5-11-7/h4-5H,6H2,1-3H3. The maximum Gasteiger partial charge on any atom is 0.305 e. The van der Waals surface area contributed by atoms with Crippen molar-refractivity contribution < 1.29 is 19.0 Å². The van der Waals surface area contributed by atoms with Gasteiger partial charge in [-0.15, -0.1) is 0 Å². The van der Waals surface area contributed by atoms with Crippen LogP contribution in [0.3, 0.4) is 0 Å². The van der Waals surface area contributed by atoms with E-state index in [0.29, 0.717) is 17.2 Å².